The van der Waals surface area contributed by atoms with E-state index < -0.39 is 16.7 Å². The van der Waals surface area contributed by atoms with Crippen LogP contribution in [0, 0.1) is 21.4 Å². The monoisotopic (exact) mass is 363 g/mol. The number of pyridine rings is 1. The molecule has 0 amide bonds. The summed E-state index contributed by atoms with van der Waals surface area (Å²) in [6, 6.07) is 11.7. The van der Waals surface area contributed by atoms with Gasteiger partial charge in [-0.2, -0.15) is 5.26 Å². The largest absolute Gasteiger partial charge is 0.462 e. The molecule has 3 aromatic rings. The number of ether oxygens (including phenoxy) is 1. The smallest absolute Gasteiger partial charge is 0.340 e. The van der Waals surface area contributed by atoms with Gasteiger partial charge in [0.05, 0.1) is 33.9 Å². The first-order valence-corrected chi connectivity index (χ1v) is 7.98. The summed E-state index contributed by atoms with van der Waals surface area (Å²) in [5.41, 5.74) is 0.855. The maximum Gasteiger partial charge on any atom is 0.340 e. The van der Waals surface area contributed by atoms with Crippen LogP contribution in [0.5, 0.6) is 0 Å². The van der Waals surface area contributed by atoms with E-state index in [4.69, 9.17) is 4.74 Å². The lowest BCUT2D eigenvalue weighted by atomic mass is 10.1. The normalized spacial score (nSPS) is 10.4. The Balaban J connectivity index is 2.17. The number of hydrogen-bond donors (Lipinski definition) is 0. The molecule has 0 saturated heterocycles. The predicted octanol–water partition coefficient (Wildman–Crippen LogP) is 3.13. The van der Waals surface area contributed by atoms with Crippen LogP contribution in [-0.4, -0.2) is 27.7 Å². The molecule has 3 rings (SSSR count). The fraction of sp³-hybridized carbons (Fsp3) is 0.105. The summed E-state index contributed by atoms with van der Waals surface area (Å²) < 4.78 is 6.48. The van der Waals surface area contributed by atoms with E-state index in [1.54, 1.807) is 19.2 Å². The molecule has 0 unspecified atom stereocenters. The predicted molar refractivity (Wildman–Crippen MR) is 94.6 cm³/mol. The fourth-order valence-corrected chi connectivity index (χ4v) is 2.77. The molecule has 0 bridgehead atoms. The molecule has 8 nitrogen and oxygen atoms in total. The molecule has 0 N–H and O–H groups in total. The van der Waals surface area contributed by atoms with Gasteiger partial charge in [0, 0.05) is 23.9 Å². The highest BCUT2D eigenvalue weighted by Gasteiger charge is 2.23. The second-order valence-electron chi connectivity index (χ2n) is 5.55. The summed E-state index contributed by atoms with van der Waals surface area (Å²) in [5, 5.41) is 20.1. The molecule has 0 atom stereocenters. The molecule has 0 saturated carbocycles. The van der Waals surface area contributed by atoms with Gasteiger partial charge in [0.15, 0.2) is 0 Å². The Morgan fingerprint density at radius 1 is 1.26 bits per heavy atom. The summed E-state index contributed by atoms with van der Waals surface area (Å²) in [7, 11) is 0. The Bertz CT molecular complexity index is 1110. The second kappa shape index (κ2) is 7.09. The van der Waals surface area contributed by atoms with Crippen LogP contribution in [0.3, 0.4) is 0 Å². The van der Waals surface area contributed by atoms with Crippen molar-refractivity contribution >= 4 is 23.0 Å². The van der Waals surface area contributed by atoms with E-state index in [-0.39, 0.29) is 40.2 Å². The Kier molecular flexibility index (Phi) is 4.68. The van der Waals surface area contributed by atoms with Crippen LogP contribution < -0.4 is 0 Å². The number of carbonyl (C=O) groups excluding carboxylic acids is 2. The van der Waals surface area contributed by atoms with E-state index in [2.05, 4.69) is 0 Å². The fourth-order valence-electron chi connectivity index (χ4n) is 2.77. The number of fused-ring (bicyclic) bond motifs is 1. The molecule has 0 fully saturated rings. The van der Waals surface area contributed by atoms with Crippen LogP contribution in [0.1, 0.15) is 38.9 Å². The molecular weight excluding hydrogens is 350 g/mol. The number of rotatable bonds is 5. The average molecular weight is 363 g/mol. The van der Waals surface area contributed by atoms with Gasteiger partial charge in [-0.25, -0.2) is 4.79 Å². The summed E-state index contributed by atoms with van der Waals surface area (Å²) in [6.07, 6.45) is 1.57. The van der Waals surface area contributed by atoms with Crippen molar-refractivity contribution in [2.24, 2.45) is 0 Å². The summed E-state index contributed by atoms with van der Waals surface area (Å²) in [5.74, 6) is -1.08. The van der Waals surface area contributed by atoms with Gasteiger partial charge in [0.2, 0.25) is 5.78 Å². The first-order chi connectivity index (χ1) is 13.0. The number of benzene rings is 1. The van der Waals surface area contributed by atoms with Gasteiger partial charge in [-0.3, -0.25) is 14.9 Å². The zero-order chi connectivity index (χ0) is 19.6. The zero-order valence-electron chi connectivity index (χ0n) is 14.2. The van der Waals surface area contributed by atoms with Crippen LogP contribution in [-0.2, 0) is 4.74 Å². The molecule has 0 spiro atoms. The van der Waals surface area contributed by atoms with E-state index in [9.17, 15) is 25.0 Å². The molecule has 0 radical (unpaired) electrons. The molecule has 1 aromatic carbocycles. The van der Waals surface area contributed by atoms with Gasteiger partial charge in [-0.15, -0.1) is 0 Å². The number of nitro benzene ring substituents is 1. The second-order valence-corrected chi connectivity index (χ2v) is 5.55. The SMILES string of the molecule is CCOC(=O)c1cc(C(=O)c2ccc([N+](=O)[O-])cc2)n2cccc(C#N)c12. The standard InChI is InChI=1S/C19H13N3O5/c1-2-27-19(24)15-10-16(21-9-3-4-13(11-20)17(15)21)18(23)12-5-7-14(8-6-12)22(25)26/h3-10H,2H2,1H3. The van der Waals surface area contributed by atoms with E-state index in [1.807, 2.05) is 6.07 Å². The topological polar surface area (TPSA) is 115 Å². The van der Waals surface area contributed by atoms with Gasteiger partial charge < -0.3 is 9.14 Å². The maximum atomic E-state index is 12.9. The number of aromatic nitrogens is 1. The Hall–Kier alpha value is -3.99. The van der Waals surface area contributed by atoms with Crippen molar-refractivity contribution < 1.29 is 19.2 Å². The summed E-state index contributed by atoms with van der Waals surface area (Å²) in [4.78, 5) is 35.4. The molecule has 2 aromatic heterocycles. The van der Waals surface area contributed by atoms with Crippen LogP contribution in [0.15, 0.2) is 48.7 Å². The number of nitrogens with zero attached hydrogens (tertiary/aromatic N) is 3. The van der Waals surface area contributed by atoms with Crippen molar-refractivity contribution in [2.75, 3.05) is 6.61 Å². The average Bonchev–Trinajstić information content (AvgIpc) is 3.07. The number of carbonyl (C=O) groups is 2. The van der Waals surface area contributed by atoms with Crippen molar-refractivity contribution in [3.05, 3.63) is 81.2 Å². The number of esters is 1. The first kappa shape index (κ1) is 17.8. The minimum atomic E-state index is -0.638. The number of nitro groups is 1. The highest BCUT2D eigenvalue weighted by Crippen LogP contribution is 2.24. The molecular formula is C19H13N3O5. The van der Waals surface area contributed by atoms with E-state index in [0.717, 1.165) is 0 Å². The lowest BCUT2D eigenvalue weighted by Crippen LogP contribution is -2.05. The minimum absolute atomic E-state index is 0.110. The first-order valence-electron chi connectivity index (χ1n) is 7.98. The molecule has 0 aliphatic rings. The van der Waals surface area contributed by atoms with E-state index in [1.165, 1.54) is 40.8 Å². The van der Waals surface area contributed by atoms with Gasteiger partial charge in [0.25, 0.3) is 5.69 Å². The number of non-ortho nitro benzene ring substituents is 1. The zero-order valence-corrected chi connectivity index (χ0v) is 14.2. The maximum absolute atomic E-state index is 12.9. The van der Waals surface area contributed by atoms with Crippen molar-refractivity contribution in [1.82, 2.24) is 4.40 Å². The summed E-state index contributed by atoms with van der Waals surface area (Å²) in [6.45, 7) is 1.81. The third-order valence-electron chi connectivity index (χ3n) is 3.98. The Morgan fingerprint density at radius 2 is 1.96 bits per heavy atom. The molecule has 0 aliphatic carbocycles. The van der Waals surface area contributed by atoms with E-state index >= 15 is 0 Å². The lowest BCUT2D eigenvalue weighted by Gasteiger charge is -2.04. The summed E-state index contributed by atoms with van der Waals surface area (Å²) >= 11 is 0. The molecule has 27 heavy (non-hydrogen) atoms. The van der Waals surface area contributed by atoms with Crippen molar-refractivity contribution in [3.63, 3.8) is 0 Å². The van der Waals surface area contributed by atoms with Crippen molar-refractivity contribution in [3.8, 4) is 6.07 Å². The van der Waals surface area contributed by atoms with Crippen LogP contribution in [0.2, 0.25) is 0 Å². The highest BCUT2D eigenvalue weighted by atomic mass is 16.6. The number of nitriles is 1. The minimum Gasteiger partial charge on any atom is -0.462 e. The van der Waals surface area contributed by atoms with Crippen molar-refractivity contribution in [1.29, 1.82) is 5.26 Å². The quantitative estimate of drug-likeness (QED) is 0.298. The van der Waals surface area contributed by atoms with Gasteiger partial charge >= 0.3 is 5.97 Å². The molecule has 8 heteroatoms. The van der Waals surface area contributed by atoms with Crippen LogP contribution >= 0.6 is 0 Å². The van der Waals surface area contributed by atoms with Gasteiger partial charge in [-0.05, 0) is 37.3 Å². The third kappa shape index (κ3) is 3.14. The van der Waals surface area contributed by atoms with Crippen LogP contribution in [0.4, 0.5) is 5.69 Å². The van der Waals surface area contributed by atoms with Crippen molar-refractivity contribution in [2.45, 2.75) is 6.92 Å². The van der Waals surface area contributed by atoms with E-state index in [0.29, 0.717) is 0 Å². The van der Waals surface area contributed by atoms with Crippen LogP contribution in [0.25, 0.3) is 5.52 Å². The third-order valence-corrected chi connectivity index (χ3v) is 3.98. The van der Waals surface area contributed by atoms with Gasteiger partial charge in [-0.1, -0.05) is 0 Å². The number of ketones is 1. The molecule has 0 aliphatic heterocycles. The Labute approximate surface area is 153 Å². The highest BCUT2D eigenvalue weighted by molar-refractivity contribution is 6.11. The van der Waals surface area contributed by atoms with Gasteiger partial charge in [0.1, 0.15) is 6.07 Å². The number of hydrogen-bond acceptors (Lipinski definition) is 6. The Morgan fingerprint density at radius 3 is 2.56 bits per heavy atom. The molecule has 2 heterocycles. The molecule has 134 valence electrons. The lowest BCUT2D eigenvalue weighted by molar-refractivity contribution is -0.384.